The number of carbonyl (C=O) groups is 2. The van der Waals surface area contributed by atoms with E-state index in [0.717, 1.165) is 10.6 Å². The molecule has 7 nitrogen and oxygen atoms in total. The van der Waals surface area contributed by atoms with Gasteiger partial charge in [-0.3, -0.25) is 9.59 Å². The molecule has 4 heterocycles. The van der Waals surface area contributed by atoms with Gasteiger partial charge in [-0.25, -0.2) is 0 Å². The predicted molar refractivity (Wildman–Crippen MR) is 96.3 cm³/mol. The van der Waals surface area contributed by atoms with Crippen LogP contribution in [0.1, 0.15) is 31.3 Å². The molecule has 0 saturated carbocycles. The van der Waals surface area contributed by atoms with Gasteiger partial charge in [0.15, 0.2) is 0 Å². The van der Waals surface area contributed by atoms with Gasteiger partial charge in [-0.1, -0.05) is 16.6 Å². The Kier molecular flexibility index (Phi) is 3.79. The molecule has 2 bridgehead atoms. The second-order valence-electron chi connectivity index (χ2n) is 8.47. The lowest BCUT2D eigenvalue weighted by molar-refractivity contribution is -0.144. The van der Waals surface area contributed by atoms with E-state index in [1.165, 1.54) is 11.5 Å². The molecule has 1 aromatic heterocycles. The summed E-state index contributed by atoms with van der Waals surface area (Å²) in [6.07, 6.45) is 3.63. The number of amides is 2. The standard InChI is InChI=1S/C18H24N4O3S/c1-10-12(26-20-19-10)8-21(5)15(23)13-11-6-7-18(25-11)9-22(17(2,3)4)16(24)14(13)18/h6-7,11,13-14H,8-9H2,1-5H3/t11-,13+,14-,18-/m0/s1. The molecule has 140 valence electrons. The van der Waals surface area contributed by atoms with Crippen molar-refractivity contribution >= 4 is 23.3 Å². The number of hydrogen-bond donors (Lipinski definition) is 0. The molecule has 4 atom stereocenters. The lowest BCUT2D eigenvalue weighted by Gasteiger charge is -2.34. The van der Waals surface area contributed by atoms with Gasteiger partial charge in [0.1, 0.15) is 5.60 Å². The van der Waals surface area contributed by atoms with Gasteiger partial charge in [0, 0.05) is 12.6 Å². The third-order valence-corrected chi connectivity index (χ3v) is 6.51. The second kappa shape index (κ2) is 5.60. The van der Waals surface area contributed by atoms with E-state index in [1.54, 1.807) is 11.9 Å². The summed E-state index contributed by atoms with van der Waals surface area (Å²) in [5.74, 6) is -0.937. The van der Waals surface area contributed by atoms with Crippen LogP contribution in [0.5, 0.6) is 0 Å². The normalized spacial score (nSPS) is 32.4. The summed E-state index contributed by atoms with van der Waals surface area (Å²) in [6, 6.07) is 0. The summed E-state index contributed by atoms with van der Waals surface area (Å²) >= 11 is 1.30. The molecule has 8 heteroatoms. The predicted octanol–water partition coefficient (Wildman–Crippen LogP) is 1.39. The number of likely N-dealkylation sites (tertiary alicyclic amines) is 1. The number of hydrogen-bond acceptors (Lipinski definition) is 6. The molecule has 3 aliphatic rings. The number of aromatic nitrogens is 2. The van der Waals surface area contributed by atoms with Crippen LogP contribution in [-0.2, 0) is 20.9 Å². The monoisotopic (exact) mass is 376 g/mol. The lowest BCUT2D eigenvalue weighted by Crippen LogP contribution is -2.47. The number of aryl methyl sites for hydroxylation is 1. The summed E-state index contributed by atoms with van der Waals surface area (Å²) < 4.78 is 10.1. The van der Waals surface area contributed by atoms with Crippen LogP contribution >= 0.6 is 11.5 Å². The number of ether oxygens (including phenoxy) is 1. The van der Waals surface area contributed by atoms with Crippen LogP contribution in [0.3, 0.4) is 0 Å². The summed E-state index contributed by atoms with van der Waals surface area (Å²) in [5, 5.41) is 4.00. The Bertz CT molecular complexity index is 799. The van der Waals surface area contributed by atoms with E-state index >= 15 is 0 Å². The highest BCUT2D eigenvalue weighted by Gasteiger charge is 2.68. The molecule has 0 aliphatic carbocycles. The first-order chi connectivity index (χ1) is 12.1. The highest BCUT2D eigenvalue weighted by Crippen LogP contribution is 2.53. The zero-order chi connectivity index (χ0) is 18.9. The van der Waals surface area contributed by atoms with Crippen molar-refractivity contribution < 1.29 is 14.3 Å². The number of carbonyl (C=O) groups excluding carboxylic acids is 2. The maximum absolute atomic E-state index is 13.2. The van der Waals surface area contributed by atoms with Gasteiger partial charge < -0.3 is 14.5 Å². The topological polar surface area (TPSA) is 75.6 Å². The van der Waals surface area contributed by atoms with Crippen molar-refractivity contribution in [2.75, 3.05) is 13.6 Å². The Hall–Kier alpha value is -1.80. The Morgan fingerprint density at radius 2 is 2.23 bits per heavy atom. The summed E-state index contributed by atoms with van der Waals surface area (Å²) in [7, 11) is 1.77. The minimum atomic E-state index is -0.655. The van der Waals surface area contributed by atoms with E-state index in [4.69, 9.17) is 4.74 Å². The largest absolute Gasteiger partial charge is 0.360 e. The zero-order valence-corrected chi connectivity index (χ0v) is 16.5. The van der Waals surface area contributed by atoms with E-state index in [9.17, 15) is 9.59 Å². The van der Waals surface area contributed by atoms with Gasteiger partial charge in [0.25, 0.3) is 0 Å². The highest BCUT2D eigenvalue weighted by atomic mass is 32.1. The van der Waals surface area contributed by atoms with Crippen molar-refractivity contribution in [2.24, 2.45) is 11.8 Å². The van der Waals surface area contributed by atoms with Crippen molar-refractivity contribution in [1.29, 1.82) is 0 Å². The van der Waals surface area contributed by atoms with Crippen molar-refractivity contribution in [3.05, 3.63) is 22.7 Å². The van der Waals surface area contributed by atoms with Gasteiger partial charge in [-0.15, -0.1) is 5.10 Å². The first kappa shape index (κ1) is 17.6. The van der Waals surface area contributed by atoms with Crippen molar-refractivity contribution in [2.45, 2.75) is 51.5 Å². The number of nitrogens with zero attached hydrogens (tertiary/aromatic N) is 4. The quantitative estimate of drug-likeness (QED) is 0.745. The molecule has 2 amide bonds. The second-order valence-corrected chi connectivity index (χ2v) is 9.31. The lowest BCUT2D eigenvalue weighted by atomic mass is 9.76. The molecular weight excluding hydrogens is 352 g/mol. The maximum Gasteiger partial charge on any atom is 0.230 e. The van der Waals surface area contributed by atoms with Gasteiger partial charge in [-0.05, 0) is 39.2 Å². The maximum atomic E-state index is 13.2. The molecule has 1 spiro atoms. The van der Waals surface area contributed by atoms with Crippen LogP contribution in [-0.4, -0.2) is 62.0 Å². The van der Waals surface area contributed by atoms with E-state index < -0.39 is 17.4 Å². The fourth-order valence-corrected chi connectivity index (χ4v) is 4.98. The minimum absolute atomic E-state index is 0.0201. The van der Waals surface area contributed by atoms with Crippen molar-refractivity contribution in [1.82, 2.24) is 19.4 Å². The average Bonchev–Trinajstić information content (AvgIpc) is 3.28. The van der Waals surface area contributed by atoms with E-state index in [2.05, 4.69) is 9.59 Å². The van der Waals surface area contributed by atoms with E-state index in [-0.39, 0.29) is 23.5 Å². The molecule has 4 rings (SSSR count). The van der Waals surface area contributed by atoms with E-state index in [1.807, 2.05) is 44.7 Å². The first-order valence-electron chi connectivity index (χ1n) is 8.85. The highest BCUT2D eigenvalue weighted by molar-refractivity contribution is 7.05. The summed E-state index contributed by atoms with van der Waals surface area (Å²) in [5.41, 5.74) is -0.111. The van der Waals surface area contributed by atoms with Crippen molar-refractivity contribution in [3.8, 4) is 0 Å². The smallest absolute Gasteiger partial charge is 0.230 e. The van der Waals surface area contributed by atoms with Crippen LogP contribution < -0.4 is 0 Å². The van der Waals surface area contributed by atoms with Crippen LogP contribution in [0.4, 0.5) is 0 Å². The Morgan fingerprint density at radius 3 is 2.85 bits per heavy atom. The van der Waals surface area contributed by atoms with Crippen LogP contribution in [0.25, 0.3) is 0 Å². The molecule has 3 aliphatic heterocycles. The van der Waals surface area contributed by atoms with Gasteiger partial charge in [0.2, 0.25) is 11.8 Å². The van der Waals surface area contributed by atoms with Crippen LogP contribution in [0.2, 0.25) is 0 Å². The third-order valence-electron chi connectivity index (χ3n) is 5.70. The average molecular weight is 376 g/mol. The van der Waals surface area contributed by atoms with Crippen LogP contribution in [0, 0.1) is 18.8 Å². The molecule has 0 N–H and O–H groups in total. The van der Waals surface area contributed by atoms with Gasteiger partial charge in [-0.2, -0.15) is 0 Å². The summed E-state index contributed by atoms with van der Waals surface area (Å²) in [4.78, 5) is 30.9. The zero-order valence-electron chi connectivity index (χ0n) is 15.7. The van der Waals surface area contributed by atoms with E-state index in [0.29, 0.717) is 13.1 Å². The molecule has 2 fully saturated rings. The van der Waals surface area contributed by atoms with Crippen molar-refractivity contribution in [3.63, 3.8) is 0 Å². The molecular formula is C18H24N4O3S. The number of rotatable bonds is 3. The fourth-order valence-electron chi connectivity index (χ4n) is 4.29. The third kappa shape index (κ3) is 2.42. The molecule has 0 unspecified atom stereocenters. The van der Waals surface area contributed by atoms with Crippen LogP contribution in [0.15, 0.2) is 12.2 Å². The molecule has 0 aromatic carbocycles. The summed E-state index contributed by atoms with van der Waals surface area (Å²) in [6.45, 7) is 8.89. The number of fused-ring (bicyclic) bond motifs is 1. The Morgan fingerprint density at radius 1 is 1.50 bits per heavy atom. The van der Waals surface area contributed by atoms with Gasteiger partial charge in [0.05, 0.1) is 41.6 Å². The first-order valence-corrected chi connectivity index (χ1v) is 9.63. The molecule has 0 radical (unpaired) electrons. The Balaban J connectivity index is 1.59. The molecule has 26 heavy (non-hydrogen) atoms. The Labute approximate surface area is 157 Å². The fraction of sp³-hybridized carbons (Fsp3) is 0.667. The minimum Gasteiger partial charge on any atom is -0.360 e. The molecule has 1 aromatic rings. The molecule has 2 saturated heterocycles. The SMILES string of the molecule is Cc1nnsc1CN(C)C(=O)[C@@H]1[C@@H]2C=C[C@@]3(CN(C(C)(C)C)C(=O)[C@H]13)O2. The van der Waals surface area contributed by atoms with Gasteiger partial charge >= 0.3 is 0 Å².